The maximum absolute atomic E-state index is 12.2. The van der Waals surface area contributed by atoms with Crippen molar-refractivity contribution in [2.24, 2.45) is 11.7 Å². The number of carbonyl (C=O) groups is 1. The van der Waals surface area contributed by atoms with E-state index in [9.17, 15) is 4.79 Å². The van der Waals surface area contributed by atoms with Crippen LogP contribution in [-0.2, 0) is 4.79 Å². The monoisotopic (exact) mass is 221 g/mol. The van der Waals surface area contributed by atoms with Gasteiger partial charge in [0.1, 0.15) is 0 Å². The molecular weight excluding hydrogens is 202 g/mol. The van der Waals surface area contributed by atoms with Crippen molar-refractivity contribution in [3.05, 3.63) is 0 Å². The van der Waals surface area contributed by atoms with Crippen LogP contribution in [0.1, 0.15) is 38.5 Å². The second-order valence-corrected chi connectivity index (χ2v) is 4.94. The average Bonchev–Trinajstić information content (AvgIpc) is 3.01. The quantitative estimate of drug-likeness (QED) is 0.770. The van der Waals surface area contributed by atoms with E-state index >= 15 is 0 Å². The molecule has 0 aromatic carbocycles. The molecule has 88 valence electrons. The molecule has 0 spiro atoms. The van der Waals surface area contributed by atoms with Crippen molar-refractivity contribution in [2.45, 2.75) is 50.6 Å². The highest BCUT2D eigenvalue weighted by molar-refractivity contribution is 5.79. The first-order valence-electron chi connectivity index (χ1n) is 6.15. The third-order valence-electron chi connectivity index (χ3n) is 3.56. The Morgan fingerprint density at radius 2 is 2.12 bits per heavy atom. The first kappa shape index (κ1) is 11.4. The number of amides is 1. The van der Waals surface area contributed by atoms with E-state index in [1.807, 2.05) is 4.90 Å². The lowest BCUT2D eigenvalue weighted by molar-refractivity contribution is -0.135. The van der Waals surface area contributed by atoms with E-state index in [0.29, 0.717) is 19.0 Å². The number of hydrogen-bond acceptors (Lipinski definition) is 3. The van der Waals surface area contributed by atoms with Gasteiger partial charge in [-0.05, 0) is 32.1 Å². The average molecular weight is 221 g/mol. The molecular formula is C12H19N3O. The van der Waals surface area contributed by atoms with Crippen molar-refractivity contribution < 1.29 is 4.79 Å². The Labute approximate surface area is 96.4 Å². The van der Waals surface area contributed by atoms with E-state index in [1.54, 1.807) is 0 Å². The van der Waals surface area contributed by atoms with E-state index in [4.69, 9.17) is 11.0 Å². The van der Waals surface area contributed by atoms with Gasteiger partial charge < -0.3 is 10.6 Å². The summed E-state index contributed by atoms with van der Waals surface area (Å²) in [5.74, 6) is 0.361. The van der Waals surface area contributed by atoms with Crippen LogP contribution in [0, 0.1) is 17.2 Å². The van der Waals surface area contributed by atoms with Gasteiger partial charge in [-0.15, -0.1) is 0 Å². The Bertz CT molecular complexity index is 306. The van der Waals surface area contributed by atoms with Crippen LogP contribution in [-0.4, -0.2) is 29.4 Å². The Balaban J connectivity index is 1.91. The molecule has 2 saturated carbocycles. The number of nitrogens with zero attached hydrogens (tertiary/aromatic N) is 2. The number of carbonyl (C=O) groups excluding carboxylic acids is 1. The van der Waals surface area contributed by atoms with Gasteiger partial charge in [0.15, 0.2) is 0 Å². The molecule has 2 unspecified atom stereocenters. The standard InChI is InChI=1S/C12H19N3O/c13-6-1-7-15(11-4-5-11)12(16)9-2-3-10(14)8-9/h9-11H,1-5,7-8,14H2. The third-order valence-corrected chi connectivity index (χ3v) is 3.56. The van der Waals surface area contributed by atoms with Crippen molar-refractivity contribution in [3.8, 4) is 6.07 Å². The second kappa shape index (κ2) is 4.84. The molecule has 0 radical (unpaired) electrons. The maximum atomic E-state index is 12.2. The van der Waals surface area contributed by atoms with Gasteiger partial charge >= 0.3 is 0 Å². The van der Waals surface area contributed by atoms with E-state index < -0.39 is 0 Å². The Morgan fingerprint density at radius 3 is 2.62 bits per heavy atom. The first-order valence-corrected chi connectivity index (χ1v) is 6.15. The molecule has 0 saturated heterocycles. The van der Waals surface area contributed by atoms with E-state index in [-0.39, 0.29) is 17.9 Å². The highest BCUT2D eigenvalue weighted by Gasteiger charge is 2.37. The summed E-state index contributed by atoms with van der Waals surface area (Å²) in [5.41, 5.74) is 5.83. The van der Waals surface area contributed by atoms with Crippen molar-refractivity contribution >= 4 is 5.91 Å². The normalized spacial score (nSPS) is 28.8. The molecule has 2 aliphatic carbocycles. The minimum Gasteiger partial charge on any atom is -0.338 e. The zero-order chi connectivity index (χ0) is 11.5. The van der Waals surface area contributed by atoms with Gasteiger partial charge in [-0.2, -0.15) is 5.26 Å². The van der Waals surface area contributed by atoms with Gasteiger partial charge in [0.2, 0.25) is 5.91 Å². The smallest absolute Gasteiger partial charge is 0.226 e. The Hall–Kier alpha value is -1.08. The zero-order valence-electron chi connectivity index (χ0n) is 9.56. The highest BCUT2D eigenvalue weighted by Crippen LogP contribution is 2.32. The fourth-order valence-electron chi connectivity index (χ4n) is 2.50. The molecule has 0 heterocycles. The zero-order valence-corrected chi connectivity index (χ0v) is 9.56. The van der Waals surface area contributed by atoms with E-state index in [1.165, 1.54) is 0 Å². The molecule has 2 aliphatic rings. The minimum absolute atomic E-state index is 0.120. The van der Waals surface area contributed by atoms with Crippen LogP contribution >= 0.6 is 0 Å². The van der Waals surface area contributed by atoms with Gasteiger partial charge in [0.05, 0.1) is 12.5 Å². The molecule has 0 aromatic heterocycles. The molecule has 4 nitrogen and oxygen atoms in total. The molecule has 2 N–H and O–H groups in total. The van der Waals surface area contributed by atoms with Crippen LogP contribution in [0.4, 0.5) is 0 Å². The van der Waals surface area contributed by atoms with Crippen molar-refractivity contribution in [3.63, 3.8) is 0 Å². The van der Waals surface area contributed by atoms with Crippen molar-refractivity contribution in [1.82, 2.24) is 4.90 Å². The SMILES string of the molecule is N#CCCN(C(=O)C1CCC(N)C1)C1CC1. The molecule has 2 atom stereocenters. The maximum Gasteiger partial charge on any atom is 0.226 e. The lowest BCUT2D eigenvalue weighted by atomic mass is 10.1. The summed E-state index contributed by atoms with van der Waals surface area (Å²) < 4.78 is 0. The van der Waals surface area contributed by atoms with Crippen LogP contribution in [0.15, 0.2) is 0 Å². The molecule has 1 amide bonds. The summed E-state index contributed by atoms with van der Waals surface area (Å²) in [7, 11) is 0. The van der Waals surface area contributed by atoms with Gasteiger partial charge in [-0.3, -0.25) is 4.79 Å². The molecule has 0 aliphatic heterocycles. The Kier molecular flexibility index (Phi) is 3.45. The van der Waals surface area contributed by atoms with Crippen molar-refractivity contribution in [1.29, 1.82) is 5.26 Å². The van der Waals surface area contributed by atoms with Crippen LogP contribution in [0.25, 0.3) is 0 Å². The molecule has 16 heavy (non-hydrogen) atoms. The van der Waals surface area contributed by atoms with Gasteiger partial charge in [0.25, 0.3) is 0 Å². The predicted octanol–water partition coefficient (Wildman–Crippen LogP) is 1.02. The lowest BCUT2D eigenvalue weighted by Crippen LogP contribution is -2.38. The molecule has 2 fully saturated rings. The summed E-state index contributed by atoms with van der Waals surface area (Å²) in [6.45, 7) is 0.603. The summed E-state index contributed by atoms with van der Waals surface area (Å²) in [6, 6.07) is 2.73. The van der Waals surface area contributed by atoms with Crippen molar-refractivity contribution in [2.75, 3.05) is 6.54 Å². The number of hydrogen-bond donors (Lipinski definition) is 1. The number of rotatable bonds is 4. The van der Waals surface area contributed by atoms with Crippen LogP contribution in [0.3, 0.4) is 0 Å². The lowest BCUT2D eigenvalue weighted by Gasteiger charge is -2.24. The molecule has 0 bridgehead atoms. The van der Waals surface area contributed by atoms with Gasteiger partial charge in [-0.25, -0.2) is 0 Å². The van der Waals surface area contributed by atoms with Gasteiger partial charge in [-0.1, -0.05) is 0 Å². The third kappa shape index (κ3) is 2.53. The summed E-state index contributed by atoms with van der Waals surface area (Å²) in [4.78, 5) is 14.2. The number of nitriles is 1. The molecule has 2 rings (SSSR count). The van der Waals surface area contributed by atoms with E-state index in [0.717, 1.165) is 32.1 Å². The van der Waals surface area contributed by atoms with E-state index in [2.05, 4.69) is 6.07 Å². The number of nitrogens with two attached hydrogens (primary N) is 1. The van der Waals surface area contributed by atoms with Crippen LogP contribution < -0.4 is 5.73 Å². The fraction of sp³-hybridized carbons (Fsp3) is 0.833. The van der Waals surface area contributed by atoms with Crippen LogP contribution in [0.5, 0.6) is 0 Å². The highest BCUT2D eigenvalue weighted by atomic mass is 16.2. The minimum atomic E-state index is 0.120. The summed E-state index contributed by atoms with van der Waals surface area (Å²) >= 11 is 0. The summed E-state index contributed by atoms with van der Waals surface area (Å²) in [6.07, 6.45) is 5.38. The molecule has 0 aromatic rings. The predicted molar refractivity (Wildman–Crippen MR) is 60.3 cm³/mol. The van der Waals surface area contributed by atoms with Crippen LogP contribution in [0.2, 0.25) is 0 Å². The van der Waals surface area contributed by atoms with Gasteiger partial charge in [0, 0.05) is 24.5 Å². The second-order valence-electron chi connectivity index (χ2n) is 4.94. The first-order chi connectivity index (χ1) is 7.72. The molecule has 4 heteroatoms. The topological polar surface area (TPSA) is 70.1 Å². The summed E-state index contributed by atoms with van der Waals surface area (Å²) in [5, 5.41) is 8.60. The largest absolute Gasteiger partial charge is 0.338 e. The Morgan fingerprint density at radius 1 is 1.38 bits per heavy atom. The fourth-order valence-corrected chi connectivity index (χ4v) is 2.50.